The van der Waals surface area contributed by atoms with Gasteiger partial charge in [0.1, 0.15) is 0 Å². The van der Waals surface area contributed by atoms with Crippen molar-refractivity contribution in [2.24, 2.45) is 5.92 Å². The average molecular weight is 455 g/mol. The van der Waals surface area contributed by atoms with E-state index in [0.717, 1.165) is 42.7 Å². The largest absolute Gasteiger partial charge is 0.502 e. The number of aromatic amines is 1. The number of aromatic nitrogens is 2. The summed E-state index contributed by atoms with van der Waals surface area (Å²) < 4.78 is 0. The van der Waals surface area contributed by atoms with Crippen molar-refractivity contribution in [1.29, 1.82) is 5.26 Å². The summed E-state index contributed by atoms with van der Waals surface area (Å²) in [5.74, 6) is 5.77. The van der Waals surface area contributed by atoms with E-state index in [1.807, 2.05) is 36.4 Å². The van der Waals surface area contributed by atoms with Crippen molar-refractivity contribution in [2.45, 2.75) is 25.3 Å². The summed E-state index contributed by atoms with van der Waals surface area (Å²) in [6, 6.07) is 18.1. The maximum Gasteiger partial charge on any atom is 0.293 e. The summed E-state index contributed by atoms with van der Waals surface area (Å²) in [6.07, 6.45) is 2.44. The van der Waals surface area contributed by atoms with E-state index in [2.05, 4.69) is 44.9 Å². The summed E-state index contributed by atoms with van der Waals surface area (Å²) in [7, 11) is 0. The molecule has 0 amide bonds. The number of aliphatic hydroxyl groups excluding tert-OH is 1. The monoisotopic (exact) mass is 454 g/mol. The van der Waals surface area contributed by atoms with Crippen LogP contribution < -0.4 is 5.56 Å². The quantitative estimate of drug-likeness (QED) is 0.494. The second kappa shape index (κ2) is 10.8. The van der Waals surface area contributed by atoms with Crippen molar-refractivity contribution < 1.29 is 10.2 Å². The number of aromatic hydroxyl groups is 1. The van der Waals surface area contributed by atoms with Gasteiger partial charge in [0, 0.05) is 36.6 Å². The smallest absolute Gasteiger partial charge is 0.293 e. The lowest BCUT2D eigenvalue weighted by Crippen LogP contribution is -2.19. The Bertz CT molecular complexity index is 1280. The van der Waals surface area contributed by atoms with Gasteiger partial charge >= 0.3 is 0 Å². The van der Waals surface area contributed by atoms with E-state index < -0.39 is 11.3 Å². The van der Waals surface area contributed by atoms with Crippen LogP contribution in [0.1, 0.15) is 40.3 Å². The van der Waals surface area contributed by atoms with Gasteiger partial charge in [-0.05, 0) is 48.4 Å². The summed E-state index contributed by atoms with van der Waals surface area (Å²) in [5, 5.41) is 28.8. The molecule has 3 N–H and O–H groups in total. The zero-order valence-electron chi connectivity index (χ0n) is 18.7. The number of nitrogens with one attached hydrogen (secondary N) is 1. The van der Waals surface area contributed by atoms with Gasteiger partial charge in [-0.1, -0.05) is 36.1 Å². The lowest BCUT2D eigenvalue weighted by atomic mass is 9.94. The molecule has 1 unspecified atom stereocenters. The van der Waals surface area contributed by atoms with Gasteiger partial charge in [-0.25, -0.2) is 4.98 Å². The van der Waals surface area contributed by atoms with Crippen LogP contribution in [-0.2, 0) is 13.0 Å². The fourth-order valence-electron chi connectivity index (χ4n) is 4.12. The molecule has 7 nitrogen and oxygen atoms in total. The van der Waals surface area contributed by atoms with Gasteiger partial charge in [0.25, 0.3) is 5.56 Å². The number of likely N-dealkylation sites (tertiary alicyclic amines) is 1. The average Bonchev–Trinajstić information content (AvgIpc) is 3.32. The summed E-state index contributed by atoms with van der Waals surface area (Å²) >= 11 is 0. The Morgan fingerprint density at radius 1 is 1.12 bits per heavy atom. The Balaban J connectivity index is 1.38. The van der Waals surface area contributed by atoms with Crippen LogP contribution >= 0.6 is 0 Å². The Hall–Kier alpha value is -3.91. The van der Waals surface area contributed by atoms with Gasteiger partial charge in [0.2, 0.25) is 5.75 Å². The van der Waals surface area contributed by atoms with Gasteiger partial charge in [0.15, 0.2) is 0 Å². The third-order valence-electron chi connectivity index (χ3n) is 6.11. The SMILES string of the molecule is N#C[C@H]1CCN(Cc2ccc(C#Cc3ccc(C(CO)Cc4nc[nH]c(=O)c4O)cc3)cc2)C1. The molecular formula is C27H26N4O3. The number of aliphatic hydroxyl groups is 1. The molecule has 0 aliphatic carbocycles. The highest BCUT2D eigenvalue weighted by Gasteiger charge is 2.21. The first-order valence-electron chi connectivity index (χ1n) is 11.2. The minimum atomic E-state index is -0.593. The van der Waals surface area contributed by atoms with Crippen molar-refractivity contribution in [1.82, 2.24) is 14.9 Å². The van der Waals surface area contributed by atoms with Crippen LogP contribution in [0, 0.1) is 29.1 Å². The topological polar surface area (TPSA) is 113 Å². The fraction of sp³-hybridized carbons (Fsp3) is 0.296. The number of benzene rings is 2. The molecule has 7 heteroatoms. The maximum absolute atomic E-state index is 11.6. The molecule has 3 aromatic rings. The lowest BCUT2D eigenvalue weighted by Gasteiger charge is -2.14. The Kier molecular flexibility index (Phi) is 7.39. The molecule has 172 valence electrons. The second-order valence-corrected chi connectivity index (χ2v) is 8.53. The van der Waals surface area contributed by atoms with Crippen molar-refractivity contribution in [2.75, 3.05) is 19.7 Å². The first-order valence-corrected chi connectivity index (χ1v) is 11.2. The minimum absolute atomic E-state index is 0.139. The summed E-state index contributed by atoms with van der Waals surface area (Å²) in [4.78, 5) is 20.2. The molecule has 1 aromatic heterocycles. The second-order valence-electron chi connectivity index (χ2n) is 8.53. The van der Waals surface area contributed by atoms with E-state index in [-0.39, 0.29) is 30.6 Å². The molecule has 1 aliphatic heterocycles. The van der Waals surface area contributed by atoms with E-state index in [1.165, 1.54) is 11.9 Å². The molecule has 0 bridgehead atoms. The van der Waals surface area contributed by atoms with Crippen LogP contribution in [0.2, 0.25) is 0 Å². The van der Waals surface area contributed by atoms with Crippen LogP contribution in [-0.4, -0.2) is 44.8 Å². The van der Waals surface area contributed by atoms with Crippen molar-refractivity contribution in [3.05, 3.63) is 93.2 Å². The molecule has 2 atom stereocenters. The van der Waals surface area contributed by atoms with Gasteiger partial charge in [-0.15, -0.1) is 0 Å². The molecule has 0 radical (unpaired) electrons. The highest BCUT2D eigenvalue weighted by Crippen LogP contribution is 2.23. The Morgan fingerprint density at radius 2 is 1.79 bits per heavy atom. The van der Waals surface area contributed by atoms with Crippen LogP contribution in [0.15, 0.2) is 59.7 Å². The van der Waals surface area contributed by atoms with E-state index in [4.69, 9.17) is 5.26 Å². The molecule has 1 aliphatic rings. The number of nitriles is 1. The molecule has 2 heterocycles. The highest BCUT2D eigenvalue weighted by molar-refractivity contribution is 5.44. The molecule has 4 rings (SSSR count). The van der Waals surface area contributed by atoms with Crippen LogP contribution in [0.5, 0.6) is 5.75 Å². The molecule has 1 saturated heterocycles. The lowest BCUT2D eigenvalue weighted by molar-refractivity contribution is 0.263. The van der Waals surface area contributed by atoms with Crippen molar-refractivity contribution in [3.8, 4) is 23.7 Å². The van der Waals surface area contributed by atoms with Gasteiger partial charge in [-0.2, -0.15) is 5.26 Å². The predicted molar refractivity (Wildman–Crippen MR) is 128 cm³/mol. The molecule has 0 spiro atoms. The van der Waals surface area contributed by atoms with Crippen LogP contribution in [0.3, 0.4) is 0 Å². The zero-order chi connectivity index (χ0) is 23.9. The van der Waals surface area contributed by atoms with Crippen molar-refractivity contribution in [3.63, 3.8) is 0 Å². The van der Waals surface area contributed by atoms with Crippen molar-refractivity contribution >= 4 is 0 Å². The predicted octanol–water partition coefficient (Wildman–Crippen LogP) is 2.54. The van der Waals surface area contributed by atoms with Crippen LogP contribution in [0.4, 0.5) is 0 Å². The van der Waals surface area contributed by atoms with E-state index in [9.17, 15) is 15.0 Å². The molecule has 2 aromatic carbocycles. The highest BCUT2D eigenvalue weighted by atomic mass is 16.3. The number of hydrogen-bond donors (Lipinski definition) is 3. The van der Waals surface area contributed by atoms with Gasteiger partial charge in [-0.3, -0.25) is 9.69 Å². The maximum atomic E-state index is 11.6. The third-order valence-corrected chi connectivity index (χ3v) is 6.11. The summed E-state index contributed by atoms with van der Waals surface area (Å²) in [5.41, 5.74) is 3.52. The normalized spacial score (nSPS) is 16.4. The molecule has 34 heavy (non-hydrogen) atoms. The summed E-state index contributed by atoms with van der Waals surface area (Å²) in [6.45, 7) is 2.52. The number of H-pyrrole nitrogens is 1. The molecule has 1 fully saturated rings. The zero-order valence-corrected chi connectivity index (χ0v) is 18.7. The standard InChI is InChI=1S/C27H26N4O3/c28-14-22-11-12-31(16-22)15-21-5-3-19(4-6-21)1-2-20-7-9-23(10-8-20)24(17-32)13-25-26(33)27(34)30-18-29-25/h3-10,18,22,24,32-33H,11-13,15-17H2,(H,29,30,34)/t22-,24?/m1/s1. The Labute approximate surface area is 198 Å². The number of nitrogens with zero attached hydrogens (tertiary/aromatic N) is 3. The van der Waals surface area contributed by atoms with Gasteiger partial charge in [0.05, 0.1) is 30.6 Å². The van der Waals surface area contributed by atoms with E-state index in [1.54, 1.807) is 0 Å². The minimum Gasteiger partial charge on any atom is -0.502 e. The van der Waals surface area contributed by atoms with E-state index in [0.29, 0.717) is 0 Å². The fourth-order valence-corrected chi connectivity index (χ4v) is 4.12. The van der Waals surface area contributed by atoms with Crippen LogP contribution in [0.25, 0.3) is 0 Å². The molecular weight excluding hydrogens is 428 g/mol. The Morgan fingerprint density at radius 3 is 2.41 bits per heavy atom. The molecule has 0 saturated carbocycles. The first kappa shape index (κ1) is 23.3. The number of hydrogen-bond acceptors (Lipinski definition) is 6. The third kappa shape index (κ3) is 5.71. The van der Waals surface area contributed by atoms with E-state index >= 15 is 0 Å². The first-order chi connectivity index (χ1) is 16.6. The number of rotatable bonds is 6. The van der Waals surface area contributed by atoms with Gasteiger partial charge < -0.3 is 15.2 Å².